The molecule has 0 aromatic heterocycles. The fourth-order valence-corrected chi connectivity index (χ4v) is 4.23. The van der Waals surface area contributed by atoms with Gasteiger partial charge in [0.25, 0.3) is 5.91 Å². The number of amides is 2. The molecule has 2 aromatic rings. The first-order chi connectivity index (χ1) is 17.6. The van der Waals surface area contributed by atoms with Gasteiger partial charge in [-0.15, -0.1) is 0 Å². The first-order valence-corrected chi connectivity index (χ1v) is 12.2. The van der Waals surface area contributed by atoms with E-state index in [1.54, 1.807) is 57.7 Å². The normalized spacial score (nSPS) is 15.4. The van der Waals surface area contributed by atoms with Crippen molar-refractivity contribution in [2.75, 3.05) is 41.0 Å². The summed E-state index contributed by atoms with van der Waals surface area (Å²) in [6.07, 6.45) is 0.547. The molecule has 200 valence electrons. The van der Waals surface area contributed by atoms with Crippen molar-refractivity contribution in [3.05, 3.63) is 59.4 Å². The SMILES string of the molecule is COCCN(CC(=O)N1N=C(c2ccccc2F)CC1c1cc(OC)ccc1OC)C(=O)CC(C)(C)C. The van der Waals surface area contributed by atoms with Gasteiger partial charge < -0.3 is 19.1 Å². The number of nitrogens with zero attached hydrogens (tertiary/aromatic N) is 3. The van der Waals surface area contributed by atoms with Gasteiger partial charge in [0.2, 0.25) is 5.91 Å². The van der Waals surface area contributed by atoms with E-state index in [2.05, 4.69) is 5.10 Å². The molecule has 3 rings (SSSR count). The third-order valence-electron chi connectivity index (χ3n) is 6.07. The smallest absolute Gasteiger partial charge is 0.262 e. The molecule has 0 fully saturated rings. The molecule has 8 nitrogen and oxygen atoms in total. The van der Waals surface area contributed by atoms with E-state index in [-0.39, 0.29) is 43.2 Å². The highest BCUT2D eigenvalue weighted by Gasteiger charge is 2.37. The van der Waals surface area contributed by atoms with E-state index >= 15 is 0 Å². The molecule has 0 N–H and O–H groups in total. The highest BCUT2D eigenvalue weighted by Crippen LogP contribution is 2.39. The maximum Gasteiger partial charge on any atom is 0.262 e. The Hall–Kier alpha value is -3.46. The monoisotopic (exact) mass is 513 g/mol. The van der Waals surface area contributed by atoms with Crippen molar-refractivity contribution in [1.29, 1.82) is 0 Å². The topological polar surface area (TPSA) is 80.7 Å². The van der Waals surface area contributed by atoms with Gasteiger partial charge in [-0.1, -0.05) is 39.0 Å². The molecule has 2 aromatic carbocycles. The summed E-state index contributed by atoms with van der Waals surface area (Å²) < 4.78 is 30.8. The minimum Gasteiger partial charge on any atom is -0.497 e. The molecule has 2 amide bonds. The molecule has 0 saturated carbocycles. The molecule has 0 radical (unpaired) electrons. The van der Waals surface area contributed by atoms with Crippen LogP contribution in [0.1, 0.15) is 50.8 Å². The maximum atomic E-state index is 14.7. The molecule has 1 aliphatic heterocycles. The third-order valence-corrected chi connectivity index (χ3v) is 6.07. The second-order valence-corrected chi connectivity index (χ2v) is 10.1. The van der Waals surface area contributed by atoms with Crippen molar-refractivity contribution in [3.8, 4) is 11.5 Å². The van der Waals surface area contributed by atoms with Crippen LogP contribution in [0.25, 0.3) is 0 Å². The van der Waals surface area contributed by atoms with Crippen molar-refractivity contribution >= 4 is 17.5 Å². The molecule has 0 spiro atoms. The van der Waals surface area contributed by atoms with Gasteiger partial charge in [-0.3, -0.25) is 9.59 Å². The lowest BCUT2D eigenvalue weighted by Gasteiger charge is -2.29. The predicted octanol–water partition coefficient (Wildman–Crippen LogP) is 4.43. The van der Waals surface area contributed by atoms with Crippen LogP contribution in [-0.4, -0.2) is 68.5 Å². The van der Waals surface area contributed by atoms with Crippen LogP contribution in [0.5, 0.6) is 11.5 Å². The Kier molecular flexibility index (Phi) is 9.26. The van der Waals surface area contributed by atoms with Gasteiger partial charge in [0.1, 0.15) is 23.9 Å². The lowest BCUT2D eigenvalue weighted by molar-refractivity contribution is -0.143. The molecule has 0 saturated heterocycles. The van der Waals surface area contributed by atoms with E-state index in [1.807, 2.05) is 20.8 Å². The minimum absolute atomic E-state index is 0.147. The minimum atomic E-state index is -0.575. The number of methoxy groups -OCH3 is 3. The van der Waals surface area contributed by atoms with E-state index in [1.165, 1.54) is 16.0 Å². The van der Waals surface area contributed by atoms with Gasteiger partial charge in [-0.2, -0.15) is 5.10 Å². The molecule has 1 atom stereocenters. The average Bonchev–Trinajstić information content (AvgIpc) is 3.30. The Labute approximate surface area is 218 Å². The van der Waals surface area contributed by atoms with Crippen LogP contribution in [0.3, 0.4) is 0 Å². The van der Waals surface area contributed by atoms with Crippen LogP contribution >= 0.6 is 0 Å². The summed E-state index contributed by atoms with van der Waals surface area (Å²) in [5.41, 5.74) is 1.19. The number of hydrogen-bond donors (Lipinski definition) is 0. The first-order valence-electron chi connectivity index (χ1n) is 12.2. The largest absolute Gasteiger partial charge is 0.497 e. The number of hydrazone groups is 1. The van der Waals surface area contributed by atoms with Crippen molar-refractivity contribution in [2.24, 2.45) is 10.5 Å². The zero-order chi connectivity index (χ0) is 27.2. The van der Waals surface area contributed by atoms with E-state index in [9.17, 15) is 14.0 Å². The maximum absolute atomic E-state index is 14.7. The molecule has 1 unspecified atom stereocenters. The molecule has 0 aliphatic carbocycles. The fourth-order valence-electron chi connectivity index (χ4n) is 4.23. The number of ether oxygens (including phenoxy) is 3. The Morgan fingerprint density at radius 1 is 1.11 bits per heavy atom. The van der Waals surface area contributed by atoms with Crippen molar-refractivity contribution in [2.45, 2.75) is 39.7 Å². The van der Waals surface area contributed by atoms with Crippen LogP contribution in [0.2, 0.25) is 0 Å². The van der Waals surface area contributed by atoms with Crippen molar-refractivity contribution in [1.82, 2.24) is 9.91 Å². The molecule has 1 aliphatic rings. The zero-order valence-corrected chi connectivity index (χ0v) is 22.4. The van der Waals surface area contributed by atoms with Crippen molar-refractivity contribution < 1.29 is 28.2 Å². The standard InChI is InChI=1S/C28H36FN3O5/c1-28(2,3)17-26(33)31(13-14-35-4)18-27(34)32-24(21-15-19(36-5)11-12-25(21)37-6)16-23(30-32)20-9-7-8-10-22(20)29/h7-12,15,24H,13-14,16-18H2,1-6H3. The second kappa shape index (κ2) is 12.2. The van der Waals surface area contributed by atoms with E-state index in [0.29, 0.717) is 34.9 Å². The summed E-state index contributed by atoms with van der Waals surface area (Å²) in [5.74, 6) is 0.178. The third kappa shape index (κ3) is 7.07. The van der Waals surface area contributed by atoms with Crippen LogP contribution in [0.4, 0.5) is 4.39 Å². The summed E-state index contributed by atoms with van der Waals surface area (Å²) in [6.45, 7) is 6.28. The van der Waals surface area contributed by atoms with Crippen molar-refractivity contribution in [3.63, 3.8) is 0 Å². The Balaban J connectivity index is 1.99. The predicted molar refractivity (Wildman–Crippen MR) is 139 cm³/mol. The summed E-state index contributed by atoms with van der Waals surface area (Å²) in [4.78, 5) is 28.3. The van der Waals surface area contributed by atoms with E-state index in [4.69, 9.17) is 14.2 Å². The zero-order valence-electron chi connectivity index (χ0n) is 22.4. The van der Waals surface area contributed by atoms with Crippen LogP contribution < -0.4 is 9.47 Å². The fraction of sp³-hybridized carbons (Fsp3) is 0.464. The van der Waals surface area contributed by atoms with Gasteiger partial charge in [0, 0.05) is 37.6 Å². The number of carbonyl (C=O) groups is 2. The highest BCUT2D eigenvalue weighted by atomic mass is 19.1. The van der Waals surface area contributed by atoms with Gasteiger partial charge in [0.05, 0.1) is 32.6 Å². The molecule has 0 bridgehead atoms. The summed E-state index contributed by atoms with van der Waals surface area (Å²) in [7, 11) is 4.65. The average molecular weight is 514 g/mol. The van der Waals surface area contributed by atoms with Crippen LogP contribution in [0.15, 0.2) is 47.6 Å². The number of carbonyl (C=O) groups excluding carboxylic acids is 2. The first kappa shape index (κ1) is 28.1. The van der Waals surface area contributed by atoms with Gasteiger partial charge >= 0.3 is 0 Å². The quantitative estimate of drug-likeness (QED) is 0.470. The van der Waals surface area contributed by atoms with Gasteiger partial charge in [0.15, 0.2) is 0 Å². The molecule has 1 heterocycles. The van der Waals surface area contributed by atoms with Crippen LogP contribution in [0, 0.1) is 11.2 Å². The number of benzene rings is 2. The lowest BCUT2D eigenvalue weighted by atomic mass is 9.91. The highest BCUT2D eigenvalue weighted by molar-refractivity contribution is 6.03. The number of rotatable bonds is 10. The Morgan fingerprint density at radius 2 is 1.84 bits per heavy atom. The molecular weight excluding hydrogens is 477 g/mol. The molecule has 37 heavy (non-hydrogen) atoms. The lowest BCUT2D eigenvalue weighted by Crippen LogP contribution is -2.43. The van der Waals surface area contributed by atoms with E-state index in [0.717, 1.165) is 0 Å². The number of hydrogen-bond acceptors (Lipinski definition) is 6. The van der Waals surface area contributed by atoms with Crippen LogP contribution in [-0.2, 0) is 14.3 Å². The second-order valence-electron chi connectivity index (χ2n) is 10.1. The van der Waals surface area contributed by atoms with E-state index < -0.39 is 11.9 Å². The molecule has 9 heteroatoms. The summed E-state index contributed by atoms with van der Waals surface area (Å²) in [6, 6.07) is 11.1. The Morgan fingerprint density at radius 3 is 2.46 bits per heavy atom. The molecular formula is C28H36FN3O5. The number of halogens is 1. The Bertz CT molecular complexity index is 1140. The summed E-state index contributed by atoms with van der Waals surface area (Å²) >= 11 is 0. The van der Waals surface area contributed by atoms with Gasteiger partial charge in [-0.25, -0.2) is 9.40 Å². The summed E-state index contributed by atoms with van der Waals surface area (Å²) in [5, 5.41) is 5.91. The van der Waals surface area contributed by atoms with Gasteiger partial charge in [-0.05, 0) is 29.7 Å².